The lowest BCUT2D eigenvalue weighted by molar-refractivity contribution is 0.100. The van der Waals surface area contributed by atoms with Crippen LogP contribution in [0.15, 0.2) is 18.2 Å². The summed E-state index contributed by atoms with van der Waals surface area (Å²) in [7, 11) is 0. The Morgan fingerprint density at radius 2 is 2.33 bits per heavy atom. The highest BCUT2D eigenvalue weighted by atomic mass is 32.2. The molecule has 0 radical (unpaired) electrons. The maximum Gasteiger partial charge on any atom is 0.250 e. The van der Waals surface area contributed by atoms with Crippen LogP contribution in [0.25, 0.3) is 0 Å². The second-order valence-electron chi connectivity index (χ2n) is 4.49. The van der Waals surface area contributed by atoms with E-state index < -0.39 is 5.91 Å². The highest BCUT2D eigenvalue weighted by Gasteiger charge is 2.22. The first kappa shape index (κ1) is 13.1. The molecular formula is C13H19N3OS. The minimum absolute atomic E-state index is 0.413. The number of nitrogens with zero attached hydrogens (tertiary/aromatic N) is 1. The van der Waals surface area contributed by atoms with Crippen molar-refractivity contribution in [2.24, 2.45) is 5.73 Å². The van der Waals surface area contributed by atoms with Gasteiger partial charge < -0.3 is 16.4 Å². The Morgan fingerprint density at radius 3 is 3.00 bits per heavy atom. The fourth-order valence-electron chi connectivity index (χ4n) is 2.21. The lowest BCUT2D eigenvalue weighted by Gasteiger charge is -2.34. The van der Waals surface area contributed by atoms with Crippen molar-refractivity contribution in [1.82, 2.24) is 0 Å². The number of carbonyl (C=O) groups is 1. The number of hydrogen-bond acceptors (Lipinski definition) is 4. The largest absolute Gasteiger partial charge is 0.399 e. The van der Waals surface area contributed by atoms with Gasteiger partial charge in [-0.05, 0) is 24.6 Å². The predicted octanol–water partition coefficient (Wildman–Crippen LogP) is 1.70. The molecule has 1 atom stereocenters. The van der Waals surface area contributed by atoms with Crippen molar-refractivity contribution in [3.05, 3.63) is 23.8 Å². The number of nitrogen functional groups attached to an aromatic ring is 1. The van der Waals surface area contributed by atoms with Crippen molar-refractivity contribution >= 4 is 29.0 Å². The fraction of sp³-hybridized carbons (Fsp3) is 0.462. The van der Waals surface area contributed by atoms with Crippen molar-refractivity contribution in [3.63, 3.8) is 0 Å². The van der Waals surface area contributed by atoms with Gasteiger partial charge in [-0.3, -0.25) is 4.79 Å². The summed E-state index contributed by atoms with van der Waals surface area (Å²) >= 11 is 2.00. The van der Waals surface area contributed by atoms with Crippen LogP contribution in [0.1, 0.15) is 23.7 Å². The van der Waals surface area contributed by atoms with Gasteiger partial charge in [0.15, 0.2) is 0 Å². The van der Waals surface area contributed by atoms with E-state index in [9.17, 15) is 4.79 Å². The molecule has 0 aliphatic carbocycles. The standard InChI is InChI=1S/C13H19N3OS/c1-2-10-8-16(5-6-18-10)12-4-3-9(14)7-11(12)13(15)17/h3-4,7,10H,2,5-6,8,14H2,1H3,(H2,15,17). The Labute approximate surface area is 112 Å². The van der Waals surface area contributed by atoms with Crippen molar-refractivity contribution in [2.45, 2.75) is 18.6 Å². The highest BCUT2D eigenvalue weighted by Crippen LogP contribution is 2.29. The lowest BCUT2D eigenvalue weighted by atomic mass is 10.1. The van der Waals surface area contributed by atoms with E-state index in [1.165, 1.54) is 0 Å². The molecule has 1 aromatic rings. The van der Waals surface area contributed by atoms with Gasteiger partial charge in [-0.25, -0.2) is 0 Å². The molecule has 4 nitrogen and oxygen atoms in total. The molecule has 0 saturated carbocycles. The molecule has 0 spiro atoms. The van der Waals surface area contributed by atoms with E-state index in [4.69, 9.17) is 11.5 Å². The second kappa shape index (κ2) is 5.52. The van der Waals surface area contributed by atoms with E-state index in [0.29, 0.717) is 16.5 Å². The topological polar surface area (TPSA) is 72.3 Å². The summed E-state index contributed by atoms with van der Waals surface area (Å²) in [6.07, 6.45) is 1.14. The van der Waals surface area contributed by atoms with Gasteiger partial charge in [-0.1, -0.05) is 6.92 Å². The molecule has 1 heterocycles. The predicted molar refractivity (Wildman–Crippen MR) is 78.1 cm³/mol. The minimum Gasteiger partial charge on any atom is -0.399 e. The normalized spacial score (nSPS) is 19.8. The molecule has 98 valence electrons. The second-order valence-corrected chi connectivity index (χ2v) is 5.90. The number of thioether (sulfide) groups is 1. The first-order valence-electron chi connectivity index (χ1n) is 6.17. The smallest absolute Gasteiger partial charge is 0.250 e. The first-order chi connectivity index (χ1) is 8.61. The van der Waals surface area contributed by atoms with Gasteiger partial charge in [0.2, 0.25) is 0 Å². The molecule has 1 saturated heterocycles. The van der Waals surface area contributed by atoms with Gasteiger partial charge >= 0.3 is 0 Å². The van der Waals surface area contributed by atoms with Gasteiger partial charge in [0.1, 0.15) is 0 Å². The summed E-state index contributed by atoms with van der Waals surface area (Å²) in [6.45, 7) is 4.11. The van der Waals surface area contributed by atoms with Crippen molar-refractivity contribution in [3.8, 4) is 0 Å². The number of hydrogen-bond donors (Lipinski definition) is 2. The monoisotopic (exact) mass is 265 g/mol. The summed E-state index contributed by atoms with van der Waals surface area (Å²) in [5.74, 6) is 0.671. The van der Waals surface area contributed by atoms with Crippen LogP contribution in [0.5, 0.6) is 0 Å². The van der Waals surface area contributed by atoms with E-state index in [2.05, 4.69) is 11.8 Å². The molecule has 0 bridgehead atoms. The van der Waals surface area contributed by atoms with Crippen LogP contribution in [-0.4, -0.2) is 30.0 Å². The molecule has 5 heteroatoms. The molecule has 0 aromatic heterocycles. The van der Waals surface area contributed by atoms with E-state index in [1.54, 1.807) is 6.07 Å². The number of rotatable bonds is 3. The van der Waals surface area contributed by atoms with E-state index in [1.807, 2.05) is 23.9 Å². The van der Waals surface area contributed by atoms with Gasteiger partial charge in [-0.15, -0.1) is 0 Å². The van der Waals surface area contributed by atoms with Gasteiger partial charge in [0.05, 0.1) is 5.56 Å². The zero-order chi connectivity index (χ0) is 13.1. The van der Waals surface area contributed by atoms with Crippen molar-refractivity contribution in [2.75, 3.05) is 29.5 Å². The number of primary amides is 1. The van der Waals surface area contributed by atoms with Crippen molar-refractivity contribution in [1.29, 1.82) is 0 Å². The number of amides is 1. The Balaban J connectivity index is 2.29. The third kappa shape index (κ3) is 2.72. The average molecular weight is 265 g/mol. The Hall–Kier alpha value is -1.36. The third-order valence-corrected chi connectivity index (χ3v) is 4.59. The van der Waals surface area contributed by atoms with E-state index in [0.717, 1.165) is 31.0 Å². The van der Waals surface area contributed by atoms with Gasteiger partial charge in [0.25, 0.3) is 5.91 Å². The summed E-state index contributed by atoms with van der Waals surface area (Å²) in [4.78, 5) is 13.7. The van der Waals surface area contributed by atoms with Crippen LogP contribution < -0.4 is 16.4 Å². The molecule has 2 rings (SSSR count). The van der Waals surface area contributed by atoms with Crippen LogP contribution in [0.4, 0.5) is 11.4 Å². The number of carbonyl (C=O) groups excluding carboxylic acids is 1. The molecular weight excluding hydrogens is 246 g/mol. The molecule has 1 aromatic carbocycles. The number of anilines is 2. The fourth-order valence-corrected chi connectivity index (χ4v) is 3.39. The van der Waals surface area contributed by atoms with Crippen LogP contribution in [0.2, 0.25) is 0 Å². The lowest BCUT2D eigenvalue weighted by Crippen LogP contribution is -2.38. The zero-order valence-corrected chi connectivity index (χ0v) is 11.4. The van der Waals surface area contributed by atoms with Gasteiger partial charge in [-0.2, -0.15) is 11.8 Å². The molecule has 1 aliphatic heterocycles. The molecule has 4 N–H and O–H groups in total. The first-order valence-corrected chi connectivity index (χ1v) is 7.22. The van der Waals surface area contributed by atoms with E-state index in [-0.39, 0.29) is 0 Å². The van der Waals surface area contributed by atoms with Crippen LogP contribution >= 0.6 is 11.8 Å². The summed E-state index contributed by atoms with van der Waals surface area (Å²) in [5, 5.41) is 0.622. The Morgan fingerprint density at radius 1 is 1.56 bits per heavy atom. The van der Waals surface area contributed by atoms with Crippen LogP contribution in [0.3, 0.4) is 0 Å². The zero-order valence-electron chi connectivity index (χ0n) is 10.6. The summed E-state index contributed by atoms with van der Waals surface area (Å²) in [5.41, 5.74) is 13.2. The molecule has 1 unspecified atom stereocenters. The maximum absolute atomic E-state index is 11.5. The summed E-state index contributed by atoms with van der Waals surface area (Å²) in [6, 6.07) is 5.39. The van der Waals surface area contributed by atoms with E-state index >= 15 is 0 Å². The molecule has 1 fully saturated rings. The molecule has 1 aliphatic rings. The average Bonchev–Trinajstić information content (AvgIpc) is 2.38. The van der Waals surface area contributed by atoms with Crippen LogP contribution in [-0.2, 0) is 0 Å². The van der Waals surface area contributed by atoms with Crippen LogP contribution in [0, 0.1) is 0 Å². The summed E-state index contributed by atoms with van der Waals surface area (Å²) < 4.78 is 0. The molecule has 18 heavy (non-hydrogen) atoms. The van der Waals surface area contributed by atoms with Crippen molar-refractivity contribution < 1.29 is 4.79 Å². The quantitative estimate of drug-likeness (QED) is 0.816. The SMILES string of the molecule is CCC1CN(c2ccc(N)cc2C(N)=O)CCS1. The minimum atomic E-state index is -0.413. The third-order valence-electron chi connectivity index (χ3n) is 3.22. The highest BCUT2D eigenvalue weighted by molar-refractivity contribution is 8.00. The molecule has 1 amide bonds. The van der Waals surface area contributed by atoms with Gasteiger partial charge in [0, 0.05) is 35.5 Å². The Kier molecular flexibility index (Phi) is 4.01. The Bertz CT molecular complexity index is 450. The number of nitrogens with two attached hydrogens (primary N) is 2. The maximum atomic E-state index is 11.5. The number of benzene rings is 1.